The lowest BCUT2D eigenvalue weighted by Gasteiger charge is -2.16. The van der Waals surface area contributed by atoms with Gasteiger partial charge < -0.3 is 10.6 Å². The van der Waals surface area contributed by atoms with Crippen LogP contribution in [0.2, 0.25) is 0 Å². The van der Waals surface area contributed by atoms with Crippen LogP contribution in [0.1, 0.15) is 32.3 Å². The Morgan fingerprint density at radius 3 is 2.79 bits per heavy atom. The van der Waals surface area contributed by atoms with Crippen LogP contribution in [0.25, 0.3) is 0 Å². The molecule has 0 aromatic heterocycles. The molecule has 1 aromatic rings. The van der Waals surface area contributed by atoms with Gasteiger partial charge in [0, 0.05) is 6.54 Å². The van der Waals surface area contributed by atoms with Crippen molar-refractivity contribution >= 4 is 5.69 Å². The molecule has 2 rings (SSSR count). The number of rotatable bonds is 5. The number of halogens is 2. The molecule has 1 heterocycles. The number of benzene rings is 1. The van der Waals surface area contributed by atoms with Gasteiger partial charge in [0.05, 0.1) is 5.69 Å². The van der Waals surface area contributed by atoms with Crippen molar-refractivity contribution < 1.29 is 8.78 Å². The topological polar surface area (TPSA) is 24.1 Å². The van der Waals surface area contributed by atoms with Crippen LogP contribution in [-0.4, -0.2) is 19.6 Å². The normalized spacial score (nSPS) is 19.7. The first-order chi connectivity index (χ1) is 8.97. The smallest absolute Gasteiger partial charge is 0.146 e. The van der Waals surface area contributed by atoms with Gasteiger partial charge in [0.25, 0.3) is 0 Å². The van der Waals surface area contributed by atoms with Gasteiger partial charge in [-0.3, -0.25) is 0 Å². The second-order valence-corrected chi connectivity index (χ2v) is 5.74. The predicted molar refractivity (Wildman–Crippen MR) is 74.6 cm³/mol. The van der Waals surface area contributed by atoms with Crippen LogP contribution in [0, 0.1) is 11.7 Å². The highest BCUT2D eigenvalue weighted by atomic mass is 19.1. The van der Waals surface area contributed by atoms with Crippen LogP contribution in [0.3, 0.4) is 0 Å². The quantitative estimate of drug-likeness (QED) is 0.854. The van der Waals surface area contributed by atoms with E-state index < -0.39 is 5.67 Å². The summed E-state index contributed by atoms with van der Waals surface area (Å²) in [5, 5.41) is 6.41. The Kier molecular flexibility index (Phi) is 4.40. The zero-order valence-corrected chi connectivity index (χ0v) is 11.6. The van der Waals surface area contributed by atoms with Crippen LogP contribution in [0.5, 0.6) is 0 Å². The molecule has 0 saturated carbocycles. The molecule has 106 valence electrons. The summed E-state index contributed by atoms with van der Waals surface area (Å²) in [6.45, 7) is 5.75. The van der Waals surface area contributed by atoms with Gasteiger partial charge in [0.2, 0.25) is 0 Å². The van der Waals surface area contributed by atoms with E-state index in [1.54, 1.807) is 12.1 Å². The molecule has 2 nitrogen and oxygen atoms in total. The standard InChI is InChI=1S/C15H22F2N2/c1-15(2,17)12-3-4-14(13(16)9-12)19-8-6-11-5-7-18-10-11/h3-4,9,11,18-19H,5-8,10H2,1-2H3. The largest absolute Gasteiger partial charge is 0.383 e. The van der Waals surface area contributed by atoms with Crippen molar-refractivity contribution in [1.82, 2.24) is 5.32 Å². The van der Waals surface area contributed by atoms with Crippen LogP contribution < -0.4 is 10.6 Å². The van der Waals surface area contributed by atoms with E-state index in [-0.39, 0.29) is 5.82 Å². The zero-order chi connectivity index (χ0) is 13.9. The molecule has 1 aromatic carbocycles. The lowest BCUT2D eigenvalue weighted by molar-refractivity contribution is 0.221. The summed E-state index contributed by atoms with van der Waals surface area (Å²) in [6, 6.07) is 4.54. The zero-order valence-electron chi connectivity index (χ0n) is 11.6. The van der Waals surface area contributed by atoms with Crippen molar-refractivity contribution in [2.24, 2.45) is 5.92 Å². The minimum atomic E-state index is -1.51. The highest BCUT2D eigenvalue weighted by molar-refractivity contribution is 5.47. The SMILES string of the molecule is CC(C)(F)c1ccc(NCCC2CCNC2)c(F)c1. The molecule has 0 aliphatic carbocycles. The van der Waals surface area contributed by atoms with E-state index in [1.807, 2.05) is 0 Å². The van der Waals surface area contributed by atoms with E-state index in [4.69, 9.17) is 0 Å². The highest BCUT2D eigenvalue weighted by Crippen LogP contribution is 2.27. The molecule has 0 radical (unpaired) electrons. The summed E-state index contributed by atoms with van der Waals surface area (Å²) in [7, 11) is 0. The molecule has 1 fully saturated rings. The third-order valence-electron chi connectivity index (χ3n) is 3.69. The number of hydrogen-bond donors (Lipinski definition) is 2. The summed E-state index contributed by atoms with van der Waals surface area (Å²) in [4.78, 5) is 0. The molecule has 1 aliphatic rings. The molecule has 1 unspecified atom stereocenters. The van der Waals surface area contributed by atoms with E-state index >= 15 is 0 Å². The van der Waals surface area contributed by atoms with Crippen LogP contribution in [-0.2, 0) is 5.67 Å². The van der Waals surface area contributed by atoms with E-state index in [0.29, 0.717) is 17.2 Å². The molecule has 4 heteroatoms. The van der Waals surface area contributed by atoms with Crippen molar-refractivity contribution in [3.05, 3.63) is 29.6 Å². The fraction of sp³-hybridized carbons (Fsp3) is 0.600. The predicted octanol–water partition coefficient (Wildman–Crippen LogP) is 3.44. The molecule has 0 bridgehead atoms. The monoisotopic (exact) mass is 268 g/mol. The van der Waals surface area contributed by atoms with Gasteiger partial charge in [0.1, 0.15) is 11.5 Å². The van der Waals surface area contributed by atoms with Gasteiger partial charge in [-0.25, -0.2) is 8.78 Å². The van der Waals surface area contributed by atoms with Crippen LogP contribution >= 0.6 is 0 Å². The molecule has 2 N–H and O–H groups in total. The first-order valence-corrected chi connectivity index (χ1v) is 6.90. The Morgan fingerprint density at radius 1 is 1.42 bits per heavy atom. The van der Waals surface area contributed by atoms with Gasteiger partial charge in [-0.15, -0.1) is 0 Å². The maximum Gasteiger partial charge on any atom is 0.146 e. The average Bonchev–Trinajstić information content (AvgIpc) is 2.83. The molecule has 19 heavy (non-hydrogen) atoms. The Balaban J connectivity index is 1.90. The van der Waals surface area contributed by atoms with Crippen molar-refractivity contribution in [3.63, 3.8) is 0 Å². The van der Waals surface area contributed by atoms with Gasteiger partial charge in [-0.2, -0.15) is 0 Å². The van der Waals surface area contributed by atoms with Crippen molar-refractivity contribution in [2.45, 2.75) is 32.4 Å². The summed E-state index contributed by atoms with van der Waals surface area (Å²) in [5.41, 5.74) is -0.677. The highest BCUT2D eigenvalue weighted by Gasteiger charge is 2.20. The molecule has 0 amide bonds. The summed E-state index contributed by atoms with van der Waals surface area (Å²) >= 11 is 0. The number of hydrogen-bond acceptors (Lipinski definition) is 2. The number of alkyl halides is 1. The molecular weight excluding hydrogens is 246 g/mol. The van der Waals surface area contributed by atoms with Crippen molar-refractivity contribution in [3.8, 4) is 0 Å². The molecule has 1 saturated heterocycles. The Morgan fingerprint density at radius 2 is 2.21 bits per heavy atom. The van der Waals surface area contributed by atoms with Gasteiger partial charge >= 0.3 is 0 Å². The van der Waals surface area contributed by atoms with E-state index in [1.165, 1.54) is 26.3 Å². The second-order valence-electron chi connectivity index (χ2n) is 5.74. The van der Waals surface area contributed by atoms with Crippen molar-refractivity contribution in [1.29, 1.82) is 0 Å². The van der Waals surface area contributed by atoms with Crippen LogP contribution in [0.15, 0.2) is 18.2 Å². The van der Waals surface area contributed by atoms with Crippen LogP contribution in [0.4, 0.5) is 14.5 Å². The maximum absolute atomic E-state index is 13.8. The Labute approximate surface area is 113 Å². The summed E-state index contributed by atoms with van der Waals surface area (Å²) < 4.78 is 27.5. The van der Waals surface area contributed by atoms with Gasteiger partial charge in [-0.05, 0) is 63.4 Å². The third kappa shape index (κ3) is 3.90. The maximum atomic E-state index is 13.8. The Bertz CT molecular complexity index is 421. The number of anilines is 1. The summed E-state index contributed by atoms with van der Waals surface area (Å²) in [5.74, 6) is 0.299. The average molecular weight is 268 g/mol. The lowest BCUT2D eigenvalue weighted by atomic mass is 9.99. The Hall–Kier alpha value is -1.16. The molecule has 1 aliphatic heterocycles. The fourth-order valence-corrected chi connectivity index (χ4v) is 2.40. The van der Waals surface area contributed by atoms with Gasteiger partial charge in [-0.1, -0.05) is 6.07 Å². The lowest BCUT2D eigenvalue weighted by Crippen LogP contribution is -2.14. The first-order valence-electron chi connectivity index (χ1n) is 6.90. The van der Waals surface area contributed by atoms with Gasteiger partial charge in [0.15, 0.2) is 0 Å². The summed E-state index contributed by atoms with van der Waals surface area (Å²) in [6.07, 6.45) is 2.22. The first kappa shape index (κ1) is 14.3. The molecule has 0 spiro atoms. The minimum absolute atomic E-state index is 0.371. The van der Waals surface area contributed by atoms with Crippen molar-refractivity contribution in [2.75, 3.05) is 25.0 Å². The third-order valence-corrected chi connectivity index (χ3v) is 3.69. The van der Waals surface area contributed by atoms with E-state index in [2.05, 4.69) is 10.6 Å². The number of nitrogens with one attached hydrogen (secondary N) is 2. The molecular formula is C15H22F2N2. The second kappa shape index (κ2) is 5.87. The fourth-order valence-electron chi connectivity index (χ4n) is 2.40. The van der Waals surface area contributed by atoms with E-state index in [9.17, 15) is 8.78 Å². The molecule has 1 atom stereocenters. The minimum Gasteiger partial charge on any atom is -0.383 e. The van der Waals surface area contributed by atoms with E-state index in [0.717, 1.165) is 26.1 Å².